The van der Waals surface area contributed by atoms with Crippen LogP contribution in [0.25, 0.3) is 5.65 Å². The molecule has 4 nitrogen and oxygen atoms in total. The normalized spacial score (nSPS) is 10.2. The highest BCUT2D eigenvalue weighted by molar-refractivity contribution is 7.80. The van der Waals surface area contributed by atoms with Gasteiger partial charge in [0.25, 0.3) is 0 Å². The Balaban J connectivity index is 2.95. The minimum absolute atomic E-state index is 0.452. The molecule has 0 amide bonds. The molecule has 0 aliphatic heterocycles. The van der Waals surface area contributed by atoms with Gasteiger partial charge in [0.1, 0.15) is 16.7 Å². The third-order valence-electron chi connectivity index (χ3n) is 1.86. The van der Waals surface area contributed by atoms with Gasteiger partial charge in [-0.2, -0.15) is 10.4 Å². The summed E-state index contributed by atoms with van der Waals surface area (Å²) < 4.78 is 1.62. The van der Waals surface area contributed by atoms with E-state index in [2.05, 4.69) is 22.7 Å². The quantitative estimate of drug-likeness (QED) is 0.501. The summed E-state index contributed by atoms with van der Waals surface area (Å²) in [6, 6.07) is 3.82. The summed E-state index contributed by atoms with van der Waals surface area (Å²) in [7, 11) is 0. The van der Waals surface area contributed by atoms with Crippen molar-refractivity contribution in [2.75, 3.05) is 0 Å². The molecule has 64 valence electrons. The number of nitrogens with zero attached hydrogens (tertiary/aromatic N) is 4. The molecule has 0 unspecified atom stereocenters. The number of hydrogen-bond donors (Lipinski definition) is 1. The van der Waals surface area contributed by atoms with Gasteiger partial charge in [-0.3, -0.25) is 0 Å². The van der Waals surface area contributed by atoms with Crippen molar-refractivity contribution in [3.63, 3.8) is 0 Å². The van der Waals surface area contributed by atoms with Crippen molar-refractivity contribution in [3.05, 3.63) is 23.5 Å². The van der Waals surface area contributed by atoms with Crippen LogP contribution in [0.2, 0.25) is 0 Å². The van der Waals surface area contributed by atoms with Gasteiger partial charge in [0.15, 0.2) is 5.65 Å². The van der Waals surface area contributed by atoms with Gasteiger partial charge in [-0.25, -0.2) is 9.50 Å². The van der Waals surface area contributed by atoms with Gasteiger partial charge >= 0.3 is 0 Å². The molecule has 0 saturated carbocycles. The van der Waals surface area contributed by atoms with E-state index in [1.54, 1.807) is 16.8 Å². The highest BCUT2D eigenvalue weighted by atomic mass is 32.1. The zero-order valence-corrected chi connectivity index (χ0v) is 7.79. The van der Waals surface area contributed by atoms with Gasteiger partial charge < -0.3 is 0 Å². The fourth-order valence-electron chi connectivity index (χ4n) is 1.20. The number of aryl methyl sites for hydroxylation is 1. The molecule has 0 aromatic carbocycles. The Morgan fingerprint density at radius 3 is 3.08 bits per heavy atom. The molecule has 5 heteroatoms. The maximum Gasteiger partial charge on any atom is 0.156 e. The fraction of sp³-hybridized carbons (Fsp3) is 0.125. The van der Waals surface area contributed by atoms with Crippen LogP contribution in [-0.4, -0.2) is 14.6 Å². The Labute approximate surface area is 80.2 Å². The van der Waals surface area contributed by atoms with E-state index >= 15 is 0 Å². The van der Waals surface area contributed by atoms with E-state index in [-0.39, 0.29) is 0 Å². The minimum Gasteiger partial charge on any atom is -0.221 e. The summed E-state index contributed by atoms with van der Waals surface area (Å²) >= 11 is 4.12. The van der Waals surface area contributed by atoms with Crippen LogP contribution in [-0.2, 0) is 0 Å². The predicted molar refractivity (Wildman–Crippen MR) is 49.7 cm³/mol. The maximum absolute atomic E-state index is 8.82. The van der Waals surface area contributed by atoms with Crippen LogP contribution < -0.4 is 0 Å². The van der Waals surface area contributed by atoms with E-state index in [1.165, 1.54) is 0 Å². The van der Waals surface area contributed by atoms with Gasteiger partial charge in [0.05, 0.1) is 11.9 Å². The molecule has 0 aliphatic rings. The maximum atomic E-state index is 8.82. The summed E-state index contributed by atoms with van der Waals surface area (Å²) in [5, 5.41) is 13.3. The number of aromatic nitrogens is 3. The van der Waals surface area contributed by atoms with Gasteiger partial charge in [-0.1, -0.05) is 0 Å². The van der Waals surface area contributed by atoms with Crippen LogP contribution in [0.4, 0.5) is 0 Å². The second-order valence-corrected chi connectivity index (χ2v) is 3.03. The number of hydrogen-bond acceptors (Lipinski definition) is 4. The molecule has 0 saturated heterocycles. The van der Waals surface area contributed by atoms with Crippen LogP contribution in [0.1, 0.15) is 11.3 Å². The summed E-state index contributed by atoms with van der Waals surface area (Å²) in [6.45, 7) is 1.82. The van der Waals surface area contributed by atoms with Gasteiger partial charge in [0.2, 0.25) is 0 Å². The first kappa shape index (κ1) is 8.08. The number of fused-ring (bicyclic) bond motifs is 1. The van der Waals surface area contributed by atoms with E-state index < -0.39 is 0 Å². The molecule has 2 aromatic heterocycles. The van der Waals surface area contributed by atoms with Gasteiger partial charge in [-0.15, -0.1) is 12.6 Å². The Kier molecular flexibility index (Phi) is 1.71. The van der Waals surface area contributed by atoms with Crippen LogP contribution in [0.3, 0.4) is 0 Å². The largest absolute Gasteiger partial charge is 0.221 e. The van der Waals surface area contributed by atoms with Crippen molar-refractivity contribution in [1.29, 1.82) is 5.26 Å². The van der Waals surface area contributed by atoms with Crippen LogP contribution in [0.5, 0.6) is 0 Å². The molecule has 0 aliphatic carbocycles. The Bertz CT molecular complexity index is 509. The SMILES string of the molecule is Cc1c(C#N)c(S)nc2ccnn12. The second-order valence-electron chi connectivity index (χ2n) is 2.61. The standard InChI is InChI=1S/C8H6N4S/c1-5-6(4-9)8(13)11-7-2-3-10-12(5)7/h2-3H,1H3,(H,11,13). The molecule has 0 atom stereocenters. The summed E-state index contributed by atoms with van der Waals surface area (Å²) in [4.78, 5) is 4.11. The van der Waals surface area contributed by atoms with Crippen molar-refractivity contribution in [2.45, 2.75) is 11.9 Å². The van der Waals surface area contributed by atoms with Crippen molar-refractivity contribution < 1.29 is 0 Å². The predicted octanol–water partition coefficient (Wildman–Crippen LogP) is 1.20. The average molecular weight is 190 g/mol. The van der Waals surface area contributed by atoms with E-state index in [1.807, 2.05) is 13.0 Å². The van der Waals surface area contributed by atoms with E-state index in [0.717, 1.165) is 5.69 Å². The zero-order chi connectivity index (χ0) is 9.42. The molecule has 0 bridgehead atoms. The summed E-state index contributed by atoms with van der Waals surface area (Å²) in [5.74, 6) is 0. The van der Waals surface area contributed by atoms with Gasteiger partial charge in [-0.05, 0) is 6.92 Å². The minimum atomic E-state index is 0.452. The number of rotatable bonds is 0. The Morgan fingerprint density at radius 1 is 1.62 bits per heavy atom. The lowest BCUT2D eigenvalue weighted by atomic mass is 10.3. The highest BCUT2D eigenvalue weighted by Gasteiger charge is 2.08. The van der Waals surface area contributed by atoms with Gasteiger partial charge in [0, 0.05) is 6.07 Å². The van der Waals surface area contributed by atoms with E-state index in [4.69, 9.17) is 5.26 Å². The van der Waals surface area contributed by atoms with Crippen molar-refractivity contribution >= 4 is 18.3 Å². The first-order valence-corrected chi connectivity index (χ1v) is 4.12. The topological polar surface area (TPSA) is 54.0 Å². The lowest BCUT2D eigenvalue weighted by Gasteiger charge is -2.02. The number of nitriles is 1. The second kappa shape index (κ2) is 2.75. The molecule has 2 rings (SSSR count). The van der Waals surface area contributed by atoms with Crippen LogP contribution in [0, 0.1) is 18.3 Å². The highest BCUT2D eigenvalue weighted by Crippen LogP contribution is 2.15. The molecule has 2 heterocycles. The molecule has 2 aromatic rings. The lowest BCUT2D eigenvalue weighted by Crippen LogP contribution is -2.00. The van der Waals surface area contributed by atoms with E-state index in [9.17, 15) is 0 Å². The van der Waals surface area contributed by atoms with Crippen LogP contribution in [0.15, 0.2) is 17.3 Å². The molecule has 13 heavy (non-hydrogen) atoms. The van der Waals surface area contributed by atoms with Crippen molar-refractivity contribution in [2.24, 2.45) is 0 Å². The smallest absolute Gasteiger partial charge is 0.156 e. The van der Waals surface area contributed by atoms with Crippen molar-refractivity contribution in [1.82, 2.24) is 14.6 Å². The third kappa shape index (κ3) is 1.07. The van der Waals surface area contributed by atoms with E-state index in [0.29, 0.717) is 16.2 Å². The molecule has 0 spiro atoms. The third-order valence-corrected chi connectivity index (χ3v) is 2.18. The molecule has 0 radical (unpaired) electrons. The summed E-state index contributed by atoms with van der Waals surface area (Å²) in [6.07, 6.45) is 1.64. The van der Waals surface area contributed by atoms with Crippen LogP contribution >= 0.6 is 12.6 Å². The molecular formula is C8H6N4S. The molecule has 0 fully saturated rings. The lowest BCUT2D eigenvalue weighted by molar-refractivity contribution is 0.865. The Hall–Kier alpha value is -1.54. The first-order valence-electron chi connectivity index (χ1n) is 3.67. The molecule has 0 N–H and O–H groups in total. The number of thiol groups is 1. The monoisotopic (exact) mass is 190 g/mol. The Morgan fingerprint density at radius 2 is 2.38 bits per heavy atom. The zero-order valence-electron chi connectivity index (χ0n) is 6.89. The summed E-state index contributed by atoms with van der Waals surface area (Å²) in [5.41, 5.74) is 1.95. The van der Waals surface area contributed by atoms with Crippen molar-refractivity contribution in [3.8, 4) is 6.07 Å². The molecular weight excluding hydrogens is 184 g/mol. The fourth-order valence-corrected chi connectivity index (χ4v) is 1.52. The first-order chi connectivity index (χ1) is 6.24. The average Bonchev–Trinajstić information content (AvgIpc) is 2.53.